The first kappa shape index (κ1) is 19.5. The summed E-state index contributed by atoms with van der Waals surface area (Å²) in [6, 6.07) is 4.11. The lowest BCUT2D eigenvalue weighted by molar-refractivity contribution is -0.739. The molecule has 2 fully saturated rings. The molecule has 0 aliphatic carbocycles. The van der Waals surface area contributed by atoms with Crippen LogP contribution in [0.25, 0.3) is 0 Å². The molecule has 3 rings (SSSR count). The van der Waals surface area contributed by atoms with Gasteiger partial charge in [0.15, 0.2) is 17.0 Å². The number of nitrogens with zero attached hydrogens (tertiary/aromatic N) is 1. The lowest BCUT2D eigenvalue weighted by Crippen LogP contribution is -2.99. The summed E-state index contributed by atoms with van der Waals surface area (Å²) in [4.78, 5) is 38.7. The van der Waals surface area contributed by atoms with Gasteiger partial charge in [0.25, 0.3) is 0 Å². The minimum atomic E-state index is -1.56. The van der Waals surface area contributed by atoms with Crippen molar-refractivity contribution in [1.29, 1.82) is 0 Å². The van der Waals surface area contributed by atoms with E-state index in [9.17, 15) is 24.6 Å². The first-order valence-corrected chi connectivity index (χ1v) is 9.93. The molecule has 0 aromatic heterocycles. The Kier molecular flexibility index (Phi) is 5.09. The Morgan fingerprint density at radius 1 is 1.41 bits per heavy atom. The van der Waals surface area contributed by atoms with Crippen molar-refractivity contribution < 1.29 is 34.7 Å². The number of imide groups is 1. The number of ether oxygens (including phenoxy) is 1. The number of hydrogen-bond acceptors (Lipinski definition) is 7. The highest BCUT2D eigenvalue weighted by atomic mass is 32.2. The van der Waals surface area contributed by atoms with Gasteiger partial charge in [-0.3, -0.25) is 14.5 Å². The summed E-state index contributed by atoms with van der Waals surface area (Å²) in [5.74, 6) is -3.70. The van der Waals surface area contributed by atoms with Gasteiger partial charge >= 0.3 is 0 Å². The number of phenolic OH excluding ortho intramolecular Hbond substituents is 1. The van der Waals surface area contributed by atoms with E-state index in [1.54, 1.807) is 18.2 Å². The summed E-state index contributed by atoms with van der Waals surface area (Å²) < 4.78 is 5.13. The Labute approximate surface area is 160 Å². The number of rotatable bonds is 6. The van der Waals surface area contributed by atoms with Gasteiger partial charge in [-0.25, -0.2) is 0 Å². The molecule has 0 spiro atoms. The summed E-state index contributed by atoms with van der Waals surface area (Å²) in [6.45, 7) is 0. The second kappa shape index (κ2) is 7.05. The SMILES string of the molecule is COc1cccc([C@H]2[NH2+][C@@](CCSC)(C(=O)[O-])[C@@H]3C(=O)N(C)C(=O)[C@@H]23)c1O. The van der Waals surface area contributed by atoms with Gasteiger partial charge in [-0.1, -0.05) is 6.07 Å². The molecule has 8 nitrogen and oxygen atoms in total. The number of nitrogens with two attached hydrogens (primary N) is 1. The van der Waals surface area contributed by atoms with E-state index in [-0.39, 0.29) is 17.9 Å². The zero-order chi connectivity index (χ0) is 19.9. The number of phenols is 1. The lowest BCUT2D eigenvalue weighted by Gasteiger charge is -2.32. The number of aliphatic carboxylic acids is 1. The minimum Gasteiger partial charge on any atom is -0.544 e. The molecule has 0 saturated carbocycles. The van der Waals surface area contributed by atoms with Crippen LogP contribution >= 0.6 is 11.8 Å². The highest BCUT2D eigenvalue weighted by Gasteiger charge is 2.69. The second-order valence-corrected chi connectivity index (χ2v) is 7.89. The van der Waals surface area contributed by atoms with E-state index in [4.69, 9.17) is 4.74 Å². The third kappa shape index (κ3) is 2.76. The minimum absolute atomic E-state index is 0.159. The molecule has 2 aliphatic heterocycles. The summed E-state index contributed by atoms with van der Waals surface area (Å²) >= 11 is 1.46. The number of quaternary nitrogens is 1. The van der Waals surface area contributed by atoms with E-state index in [0.29, 0.717) is 11.3 Å². The maximum atomic E-state index is 12.8. The number of fused-ring (bicyclic) bond motifs is 1. The molecule has 0 radical (unpaired) electrons. The molecule has 3 N–H and O–H groups in total. The molecule has 0 bridgehead atoms. The summed E-state index contributed by atoms with van der Waals surface area (Å²) in [7, 11) is 2.77. The molecule has 1 aromatic carbocycles. The number of para-hydroxylation sites is 1. The Balaban J connectivity index is 2.15. The van der Waals surface area contributed by atoms with Crippen molar-refractivity contribution >= 4 is 29.5 Å². The van der Waals surface area contributed by atoms with E-state index < -0.39 is 41.2 Å². The first-order chi connectivity index (χ1) is 12.8. The normalized spacial score (nSPS) is 29.9. The number of hydrogen-bond donors (Lipinski definition) is 2. The Hall–Kier alpha value is -2.26. The summed E-state index contributed by atoms with van der Waals surface area (Å²) in [6.07, 6.45) is 2.01. The topological polar surface area (TPSA) is 124 Å². The maximum Gasteiger partial charge on any atom is 0.239 e. The highest BCUT2D eigenvalue weighted by Crippen LogP contribution is 2.47. The maximum absolute atomic E-state index is 12.8. The standard InChI is InChI=1S/C18H22N2O6S/c1-20-15(22)11-12(16(20)23)18(17(24)25,7-8-27-3)19-13(11)9-5-4-6-10(26-2)14(9)21/h4-6,11-13,19,21H,7-8H2,1-3H3,(H,24,25)/t11-,12+,13-,18-/m1/s1. The van der Waals surface area contributed by atoms with Crippen LogP contribution in [0.4, 0.5) is 0 Å². The predicted molar refractivity (Wildman–Crippen MR) is 94.8 cm³/mol. The van der Waals surface area contributed by atoms with Crippen LogP contribution in [0.3, 0.4) is 0 Å². The Morgan fingerprint density at radius 2 is 2.11 bits per heavy atom. The van der Waals surface area contributed by atoms with Crippen LogP contribution in [-0.4, -0.2) is 59.5 Å². The number of methoxy groups -OCH3 is 1. The molecule has 4 atom stereocenters. The van der Waals surface area contributed by atoms with Gasteiger partial charge in [0, 0.05) is 13.5 Å². The van der Waals surface area contributed by atoms with E-state index in [1.165, 1.54) is 31.2 Å². The van der Waals surface area contributed by atoms with Crippen LogP contribution in [-0.2, 0) is 14.4 Å². The van der Waals surface area contributed by atoms with Gasteiger partial charge in [0.1, 0.15) is 23.8 Å². The molecule has 146 valence electrons. The Morgan fingerprint density at radius 3 is 2.70 bits per heavy atom. The van der Waals surface area contributed by atoms with E-state index >= 15 is 0 Å². The number of carboxylic acid groups (broad SMARTS) is 1. The lowest BCUT2D eigenvalue weighted by atomic mass is 9.78. The number of carbonyl (C=O) groups is 3. The number of thioether (sulfide) groups is 1. The number of likely N-dealkylation sites (tertiary alicyclic amines) is 1. The number of aromatic hydroxyl groups is 1. The molecule has 1 aromatic rings. The van der Waals surface area contributed by atoms with Crippen LogP contribution in [0.15, 0.2) is 18.2 Å². The molecule has 2 amide bonds. The molecule has 2 aliphatic rings. The van der Waals surface area contributed by atoms with Crippen LogP contribution in [0.5, 0.6) is 11.5 Å². The molecule has 2 heterocycles. The van der Waals surface area contributed by atoms with Gasteiger partial charge in [-0.15, -0.1) is 0 Å². The fourth-order valence-corrected chi connectivity index (χ4v) is 4.87. The Bertz CT molecular complexity index is 800. The summed E-state index contributed by atoms with van der Waals surface area (Å²) in [5.41, 5.74) is -1.20. The average Bonchev–Trinajstić information content (AvgIpc) is 3.11. The van der Waals surface area contributed by atoms with E-state index in [0.717, 1.165) is 4.90 Å². The van der Waals surface area contributed by atoms with Crippen LogP contribution < -0.4 is 15.2 Å². The second-order valence-electron chi connectivity index (χ2n) is 6.90. The van der Waals surface area contributed by atoms with Gasteiger partial charge in [-0.2, -0.15) is 11.8 Å². The molecule has 2 saturated heterocycles. The van der Waals surface area contributed by atoms with Gasteiger partial charge < -0.3 is 25.1 Å². The molecular weight excluding hydrogens is 372 g/mol. The van der Waals surface area contributed by atoms with Crippen molar-refractivity contribution in [3.8, 4) is 11.5 Å². The fourth-order valence-electron chi connectivity index (χ4n) is 4.33. The van der Waals surface area contributed by atoms with Gasteiger partial charge in [0.2, 0.25) is 11.8 Å². The molecular formula is C18H22N2O6S. The quantitative estimate of drug-likeness (QED) is 0.562. The van der Waals surface area contributed by atoms with E-state index in [1.807, 2.05) is 6.26 Å². The molecule has 27 heavy (non-hydrogen) atoms. The monoisotopic (exact) mass is 394 g/mol. The fraction of sp³-hybridized carbons (Fsp3) is 0.500. The van der Waals surface area contributed by atoms with Crippen molar-refractivity contribution in [1.82, 2.24) is 4.90 Å². The van der Waals surface area contributed by atoms with E-state index in [2.05, 4.69) is 0 Å². The zero-order valence-electron chi connectivity index (χ0n) is 15.3. The third-order valence-electron chi connectivity index (χ3n) is 5.70. The molecule has 9 heteroatoms. The average molecular weight is 394 g/mol. The largest absolute Gasteiger partial charge is 0.544 e. The van der Waals surface area contributed by atoms with Crippen molar-refractivity contribution in [2.24, 2.45) is 11.8 Å². The van der Waals surface area contributed by atoms with Crippen LogP contribution in [0, 0.1) is 11.8 Å². The zero-order valence-corrected chi connectivity index (χ0v) is 16.1. The number of carbonyl (C=O) groups excluding carboxylic acids is 3. The van der Waals surface area contributed by atoms with Crippen LogP contribution in [0.2, 0.25) is 0 Å². The smallest absolute Gasteiger partial charge is 0.239 e. The van der Waals surface area contributed by atoms with Crippen molar-refractivity contribution in [2.75, 3.05) is 26.2 Å². The predicted octanol–water partition coefficient (Wildman–Crippen LogP) is -1.51. The summed E-state index contributed by atoms with van der Waals surface area (Å²) in [5, 5.41) is 24.3. The molecule has 0 unspecified atom stereocenters. The van der Waals surface area contributed by atoms with Crippen molar-refractivity contribution in [3.05, 3.63) is 23.8 Å². The van der Waals surface area contributed by atoms with Crippen LogP contribution in [0.1, 0.15) is 18.0 Å². The van der Waals surface area contributed by atoms with Gasteiger partial charge in [0.05, 0.1) is 12.7 Å². The number of benzene rings is 1. The van der Waals surface area contributed by atoms with Gasteiger partial charge in [-0.05, 0) is 24.1 Å². The number of carboxylic acids is 1. The van der Waals surface area contributed by atoms with Crippen molar-refractivity contribution in [2.45, 2.75) is 18.0 Å². The first-order valence-electron chi connectivity index (χ1n) is 8.53. The number of amides is 2. The van der Waals surface area contributed by atoms with Crippen molar-refractivity contribution in [3.63, 3.8) is 0 Å². The highest BCUT2D eigenvalue weighted by molar-refractivity contribution is 7.98. The third-order valence-corrected chi connectivity index (χ3v) is 6.31.